The summed E-state index contributed by atoms with van der Waals surface area (Å²) in [5, 5.41) is 3.05. The van der Waals surface area contributed by atoms with Crippen molar-refractivity contribution in [2.75, 3.05) is 13.1 Å². The molecule has 1 amide bonds. The fraction of sp³-hybridized carbons (Fsp3) is 0.409. The van der Waals surface area contributed by atoms with E-state index in [4.69, 9.17) is 5.73 Å². The molecule has 2 aromatic rings. The van der Waals surface area contributed by atoms with Crippen molar-refractivity contribution < 1.29 is 4.79 Å². The summed E-state index contributed by atoms with van der Waals surface area (Å²) in [6, 6.07) is 15.9. The minimum atomic E-state index is -0.0463. The Balaban J connectivity index is 1.61. The average Bonchev–Trinajstić information content (AvgIpc) is 2.67. The lowest BCUT2D eigenvalue weighted by molar-refractivity contribution is 0.0950. The summed E-state index contributed by atoms with van der Waals surface area (Å²) in [7, 11) is 0. The maximum atomic E-state index is 12.4. The molecule has 1 saturated heterocycles. The van der Waals surface area contributed by atoms with Gasteiger partial charge in [0.15, 0.2) is 0 Å². The van der Waals surface area contributed by atoms with Gasteiger partial charge < -0.3 is 11.1 Å². The first-order valence-corrected chi connectivity index (χ1v) is 9.52. The van der Waals surface area contributed by atoms with E-state index in [1.54, 1.807) is 0 Å². The molecular formula is C22H29N3O. The summed E-state index contributed by atoms with van der Waals surface area (Å²) in [6.07, 6.45) is 2.61. The van der Waals surface area contributed by atoms with Gasteiger partial charge in [-0.2, -0.15) is 0 Å². The second-order valence-electron chi connectivity index (χ2n) is 7.33. The van der Waals surface area contributed by atoms with E-state index in [1.165, 1.54) is 30.5 Å². The first-order chi connectivity index (χ1) is 12.7. The van der Waals surface area contributed by atoms with Crippen molar-refractivity contribution in [1.82, 2.24) is 10.2 Å². The number of rotatable bonds is 6. The third-order valence-electron chi connectivity index (χ3n) is 5.14. The molecule has 1 atom stereocenters. The van der Waals surface area contributed by atoms with Crippen molar-refractivity contribution in [2.24, 2.45) is 11.7 Å². The Hall–Kier alpha value is -2.17. The molecule has 4 heteroatoms. The van der Waals surface area contributed by atoms with Gasteiger partial charge >= 0.3 is 0 Å². The molecule has 1 heterocycles. The van der Waals surface area contributed by atoms with Crippen molar-refractivity contribution >= 4 is 5.91 Å². The van der Waals surface area contributed by atoms with Gasteiger partial charge in [0.2, 0.25) is 0 Å². The predicted octanol–water partition coefficient (Wildman–Crippen LogP) is 3.31. The van der Waals surface area contributed by atoms with E-state index in [9.17, 15) is 4.79 Å². The summed E-state index contributed by atoms with van der Waals surface area (Å²) in [6.45, 7) is 6.66. The fourth-order valence-corrected chi connectivity index (χ4v) is 3.63. The SMILES string of the molecule is CC1CCCN(Cc2ccccc2CNC(=O)c2ccc(CN)cc2)C1. The smallest absolute Gasteiger partial charge is 0.251 e. The van der Waals surface area contributed by atoms with E-state index in [1.807, 2.05) is 30.3 Å². The second-order valence-corrected chi connectivity index (χ2v) is 7.33. The minimum Gasteiger partial charge on any atom is -0.348 e. The van der Waals surface area contributed by atoms with Crippen LogP contribution >= 0.6 is 0 Å². The molecule has 4 nitrogen and oxygen atoms in total. The minimum absolute atomic E-state index is 0.0463. The summed E-state index contributed by atoms with van der Waals surface area (Å²) < 4.78 is 0. The van der Waals surface area contributed by atoms with Gasteiger partial charge in [-0.3, -0.25) is 9.69 Å². The number of nitrogens with zero attached hydrogens (tertiary/aromatic N) is 1. The van der Waals surface area contributed by atoms with Crippen LogP contribution < -0.4 is 11.1 Å². The number of nitrogens with one attached hydrogen (secondary N) is 1. The standard InChI is InChI=1S/C22H29N3O/c1-17-5-4-12-25(15-17)16-21-7-3-2-6-20(21)14-24-22(26)19-10-8-18(13-23)9-11-19/h2-3,6-11,17H,4-5,12-16,23H2,1H3,(H,24,26). The van der Waals surface area contributed by atoms with Crippen LogP contribution in [0.4, 0.5) is 0 Å². The monoisotopic (exact) mass is 351 g/mol. The Morgan fingerprint density at radius 1 is 1.15 bits per heavy atom. The van der Waals surface area contributed by atoms with Gasteiger partial charge in [0.1, 0.15) is 0 Å². The fourth-order valence-electron chi connectivity index (χ4n) is 3.63. The van der Waals surface area contributed by atoms with Crippen LogP contribution in [0.15, 0.2) is 48.5 Å². The highest BCUT2D eigenvalue weighted by molar-refractivity contribution is 5.94. The molecule has 0 saturated carbocycles. The predicted molar refractivity (Wildman–Crippen MR) is 106 cm³/mol. The zero-order valence-electron chi connectivity index (χ0n) is 15.6. The molecule has 0 aliphatic carbocycles. The first-order valence-electron chi connectivity index (χ1n) is 9.52. The average molecular weight is 351 g/mol. The number of carbonyl (C=O) groups is 1. The lowest BCUT2D eigenvalue weighted by Gasteiger charge is -2.31. The van der Waals surface area contributed by atoms with Gasteiger partial charge in [-0.15, -0.1) is 0 Å². The van der Waals surface area contributed by atoms with E-state index >= 15 is 0 Å². The van der Waals surface area contributed by atoms with Gasteiger partial charge in [0.05, 0.1) is 0 Å². The zero-order chi connectivity index (χ0) is 18.4. The maximum absolute atomic E-state index is 12.4. The van der Waals surface area contributed by atoms with E-state index < -0.39 is 0 Å². The number of hydrogen-bond acceptors (Lipinski definition) is 3. The Morgan fingerprint density at radius 3 is 2.58 bits per heavy atom. The molecule has 3 rings (SSSR count). The third-order valence-corrected chi connectivity index (χ3v) is 5.14. The van der Waals surface area contributed by atoms with Crippen LogP contribution in [0.25, 0.3) is 0 Å². The van der Waals surface area contributed by atoms with E-state index in [0.29, 0.717) is 18.7 Å². The Bertz CT molecular complexity index is 726. The number of likely N-dealkylation sites (tertiary alicyclic amines) is 1. The number of nitrogens with two attached hydrogens (primary N) is 1. The van der Waals surface area contributed by atoms with Crippen LogP contribution in [-0.4, -0.2) is 23.9 Å². The molecule has 1 aliphatic heterocycles. The number of carbonyl (C=O) groups excluding carboxylic acids is 1. The quantitative estimate of drug-likeness (QED) is 0.839. The van der Waals surface area contributed by atoms with Gasteiger partial charge in [-0.1, -0.05) is 43.3 Å². The van der Waals surface area contributed by atoms with Crippen LogP contribution in [0.1, 0.15) is 46.8 Å². The largest absolute Gasteiger partial charge is 0.348 e. The van der Waals surface area contributed by atoms with Gasteiger partial charge in [0, 0.05) is 31.7 Å². The topological polar surface area (TPSA) is 58.4 Å². The molecule has 2 aromatic carbocycles. The first kappa shape index (κ1) is 18.6. The lowest BCUT2D eigenvalue weighted by Crippen LogP contribution is -2.34. The number of piperidine rings is 1. The highest BCUT2D eigenvalue weighted by Gasteiger charge is 2.17. The maximum Gasteiger partial charge on any atom is 0.251 e. The van der Waals surface area contributed by atoms with E-state index in [0.717, 1.165) is 24.6 Å². The highest BCUT2D eigenvalue weighted by Crippen LogP contribution is 2.19. The normalized spacial score (nSPS) is 17.8. The van der Waals surface area contributed by atoms with E-state index in [-0.39, 0.29) is 5.91 Å². The molecule has 0 radical (unpaired) electrons. The number of hydrogen-bond donors (Lipinski definition) is 2. The zero-order valence-corrected chi connectivity index (χ0v) is 15.6. The van der Waals surface area contributed by atoms with Crippen molar-refractivity contribution in [3.8, 4) is 0 Å². The van der Waals surface area contributed by atoms with Crippen molar-refractivity contribution in [1.29, 1.82) is 0 Å². The Kier molecular flexibility index (Phi) is 6.42. The molecular weight excluding hydrogens is 322 g/mol. The Morgan fingerprint density at radius 2 is 1.88 bits per heavy atom. The highest BCUT2D eigenvalue weighted by atomic mass is 16.1. The van der Waals surface area contributed by atoms with Crippen LogP contribution in [0, 0.1) is 5.92 Å². The lowest BCUT2D eigenvalue weighted by atomic mass is 9.99. The van der Waals surface area contributed by atoms with Crippen LogP contribution in [0.2, 0.25) is 0 Å². The number of benzene rings is 2. The molecule has 0 bridgehead atoms. The molecule has 1 aliphatic rings. The molecule has 3 N–H and O–H groups in total. The molecule has 1 unspecified atom stereocenters. The van der Waals surface area contributed by atoms with Crippen LogP contribution in [-0.2, 0) is 19.6 Å². The van der Waals surface area contributed by atoms with Crippen molar-refractivity contribution in [3.63, 3.8) is 0 Å². The third kappa shape index (κ3) is 4.93. The van der Waals surface area contributed by atoms with Crippen LogP contribution in [0.3, 0.4) is 0 Å². The second kappa shape index (κ2) is 8.97. The summed E-state index contributed by atoms with van der Waals surface area (Å²) in [5.74, 6) is 0.724. The molecule has 0 spiro atoms. The molecule has 0 aromatic heterocycles. The summed E-state index contributed by atoms with van der Waals surface area (Å²) in [4.78, 5) is 14.9. The Labute approximate surface area is 156 Å². The van der Waals surface area contributed by atoms with Gasteiger partial charge in [-0.05, 0) is 54.1 Å². The molecule has 138 valence electrons. The summed E-state index contributed by atoms with van der Waals surface area (Å²) in [5.41, 5.74) is 9.81. The van der Waals surface area contributed by atoms with Crippen molar-refractivity contribution in [2.45, 2.75) is 39.4 Å². The summed E-state index contributed by atoms with van der Waals surface area (Å²) >= 11 is 0. The van der Waals surface area contributed by atoms with Crippen molar-refractivity contribution in [3.05, 3.63) is 70.8 Å². The molecule has 1 fully saturated rings. The number of amides is 1. The van der Waals surface area contributed by atoms with Gasteiger partial charge in [-0.25, -0.2) is 0 Å². The molecule has 26 heavy (non-hydrogen) atoms. The van der Waals surface area contributed by atoms with Gasteiger partial charge in [0.25, 0.3) is 5.91 Å². The van der Waals surface area contributed by atoms with E-state index in [2.05, 4.69) is 35.3 Å². The van der Waals surface area contributed by atoms with Crippen LogP contribution in [0.5, 0.6) is 0 Å².